The van der Waals surface area contributed by atoms with Crippen molar-refractivity contribution in [1.82, 2.24) is 0 Å². The maximum atomic E-state index is 2.43. The Balaban J connectivity index is 4.05. The average Bonchev–Trinajstić information content (AvgIpc) is 2.64. The molecule has 0 amide bonds. The molecule has 0 fully saturated rings. The summed E-state index contributed by atoms with van der Waals surface area (Å²) in [6.07, 6.45) is 26.2. The Labute approximate surface area is 189 Å². The summed E-state index contributed by atoms with van der Waals surface area (Å²) in [4.78, 5) is 0. The molecular formula is C30H50. The first kappa shape index (κ1) is 28.4. The largest absolute Gasteiger partial charge is 0.0856 e. The predicted octanol–water partition coefficient (Wildman–Crippen LogP) is 10.6. The summed E-state index contributed by atoms with van der Waals surface area (Å²) in [7, 11) is 0. The number of rotatable bonds is 15. The highest BCUT2D eigenvalue weighted by Gasteiger charge is 1.94. The molecule has 30 heavy (non-hydrogen) atoms. The number of hydrogen-bond donors (Lipinski definition) is 0. The summed E-state index contributed by atoms with van der Waals surface area (Å²) in [6, 6.07) is 0. The first-order valence-corrected chi connectivity index (χ1v) is 12.1. The molecule has 0 unspecified atom stereocenters. The lowest BCUT2D eigenvalue weighted by Gasteiger charge is -2.02. The van der Waals surface area contributed by atoms with E-state index in [0.717, 1.165) is 0 Å². The van der Waals surface area contributed by atoms with Gasteiger partial charge in [-0.05, 0) is 120 Å². The van der Waals surface area contributed by atoms with Gasteiger partial charge in [-0.3, -0.25) is 0 Å². The van der Waals surface area contributed by atoms with E-state index in [1.165, 1.54) is 97.6 Å². The van der Waals surface area contributed by atoms with Gasteiger partial charge in [-0.2, -0.15) is 0 Å². The lowest BCUT2D eigenvalue weighted by atomic mass is 10.0. The van der Waals surface area contributed by atoms with Gasteiger partial charge < -0.3 is 0 Å². The SMILES string of the molecule is CC(C)=CCC/C(C)=C\CC/C(C)=C\CC/C=C(\C)CC/C=C(/C)CCC=C(C)C. The highest BCUT2D eigenvalue weighted by atomic mass is 14.0. The van der Waals surface area contributed by atoms with E-state index in [2.05, 4.69) is 91.8 Å². The second-order valence-electron chi connectivity index (χ2n) is 9.50. The lowest BCUT2D eigenvalue weighted by molar-refractivity contribution is 0.896. The van der Waals surface area contributed by atoms with Crippen LogP contribution in [-0.2, 0) is 0 Å². The number of allylic oxidation sites excluding steroid dienone is 12. The van der Waals surface area contributed by atoms with Gasteiger partial charge in [-0.25, -0.2) is 0 Å². The number of unbranched alkanes of at least 4 members (excludes halogenated alkanes) is 1. The van der Waals surface area contributed by atoms with Crippen molar-refractivity contribution < 1.29 is 0 Å². The first-order chi connectivity index (χ1) is 14.2. The Morgan fingerprint density at radius 1 is 0.333 bits per heavy atom. The predicted molar refractivity (Wildman–Crippen MR) is 140 cm³/mol. The Hall–Kier alpha value is -1.56. The van der Waals surface area contributed by atoms with Crippen LogP contribution in [0.15, 0.2) is 69.9 Å². The molecule has 0 heteroatoms. The first-order valence-electron chi connectivity index (χ1n) is 12.1. The molecule has 0 N–H and O–H groups in total. The van der Waals surface area contributed by atoms with E-state index in [0.29, 0.717) is 0 Å². The van der Waals surface area contributed by atoms with Crippen LogP contribution in [-0.4, -0.2) is 0 Å². The van der Waals surface area contributed by atoms with E-state index in [9.17, 15) is 0 Å². The molecule has 0 rings (SSSR count). The van der Waals surface area contributed by atoms with E-state index < -0.39 is 0 Å². The molecule has 0 aromatic rings. The van der Waals surface area contributed by atoms with Gasteiger partial charge in [0.05, 0.1) is 0 Å². The third-order valence-electron chi connectivity index (χ3n) is 5.40. The topological polar surface area (TPSA) is 0 Å². The minimum atomic E-state index is 1.17. The molecule has 0 saturated heterocycles. The van der Waals surface area contributed by atoms with Crippen LogP contribution in [0.3, 0.4) is 0 Å². The van der Waals surface area contributed by atoms with Crippen LogP contribution in [0.4, 0.5) is 0 Å². The molecule has 0 aliphatic rings. The van der Waals surface area contributed by atoms with Crippen LogP contribution in [0, 0.1) is 0 Å². The fraction of sp³-hybridized carbons (Fsp3) is 0.600. The zero-order valence-electron chi connectivity index (χ0n) is 21.5. The smallest absolute Gasteiger partial charge is 0.0288 e. The van der Waals surface area contributed by atoms with Crippen molar-refractivity contribution in [2.24, 2.45) is 0 Å². The fourth-order valence-electron chi connectivity index (χ4n) is 3.34. The third kappa shape index (κ3) is 19.7. The van der Waals surface area contributed by atoms with Crippen LogP contribution >= 0.6 is 0 Å². The van der Waals surface area contributed by atoms with Gasteiger partial charge in [-0.15, -0.1) is 0 Å². The molecule has 0 aromatic carbocycles. The van der Waals surface area contributed by atoms with Crippen molar-refractivity contribution >= 4 is 0 Å². The number of hydrogen-bond acceptors (Lipinski definition) is 0. The Morgan fingerprint density at radius 2 is 0.567 bits per heavy atom. The fourth-order valence-corrected chi connectivity index (χ4v) is 3.34. The zero-order valence-corrected chi connectivity index (χ0v) is 21.5. The molecule has 0 spiro atoms. The van der Waals surface area contributed by atoms with Crippen molar-refractivity contribution in [1.29, 1.82) is 0 Å². The van der Waals surface area contributed by atoms with Gasteiger partial charge in [0.2, 0.25) is 0 Å². The molecule has 0 aliphatic heterocycles. The molecule has 0 radical (unpaired) electrons. The summed E-state index contributed by atoms with van der Waals surface area (Å²) >= 11 is 0. The van der Waals surface area contributed by atoms with Crippen LogP contribution in [0.25, 0.3) is 0 Å². The maximum absolute atomic E-state index is 2.43. The molecule has 0 bridgehead atoms. The molecule has 0 saturated carbocycles. The van der Waals surface area contributed by atoms with Gasteiger partial charge in [0.25, 0.3) is 0 Å². The van der Waals surface area contributed by atoms with Gasteiger partial charge in [0.15, 0.2) is 0 Å². The highest BCUT2D eigenvalue weighted by molar-refractivity contribution is 5.08. The molecular weight excluding hydrogens is 360 g/mol. The van der Waals surface area contributed by atoms with E-state index in [1.807, 2.05) is 0 Å². The summed E-state index contributed by atoms with van der Waals surface area (Å²) < 4.78 is 0. The molecule has 0 heterocycles. The molecule has 0 aromatic heterocycles. The van der Waals surface area contributed by atoms with Crippen molar-refractivity contribution in [2.75, 3.05) is 0 Å². The van der Waals surface area contributed by atoms with E-state index in [4.69, 9.17) is 0 Å². The Bertz CT molecular complexity index is 578. The van der Waals surface area contributed by atoms with Crippen molar-refractivity contribution in [2.45, 2.75) is 120 Å². The molecule has 0 nitrogen and oxygen atoms in total. The van der Waals surface area contributed by atoms with E-state index in [-0.39, 0.29) is 0 Å². The highest BCUT2D eigenvalue weighted by Crippen LogP contribution is 2.14. The summed E-state index contributed by atoms with van der Waals surface area (Å²) in [6.45, 7) is 17.8. The zero-order chi connectivity index (χ0) is 22.8. The van der Waals surface area contributed by atoms with Crippen LogP contribution in [0.1, 0.15) is 120 Å². The maximum Gasteiger partial charge on any atom is -0.0288 e. The van der Waals surface area contributed by atoms with Crippen molar-refractivity contribution in [3.63, 3.8) is 0 Å². The molecule has 170 valence electrons. The second kappa shape index (κ2) is 18.2. The monoisotopic (exact) mass is 410 g/mol. The summed E-state index contributed by atoms with van der Waals surface area (Å²) in [5.74, 6) is 0. The minimum absolute atomic E-state index is 1.17. The van der Waals surface area contributed by atoms with E-state index in [1.54, 1.807) is 0 Å². The molecule has 0 aliphatic carbocycles. The van der Waals surface area contributed by atoms with Crippen molar-refractivity contribution in [3.8, 4) is 0 Å². The standard InChI is InChI=1S/C30H50/c1-25(2)15-11-19-29(7)23-13-21-27(5)17-9-10-18-28(6)22-14-24-30(8)20-12-16-26(3)4/h15-18,23-24H,9-14,19-22H2,1-8H3/b27-17-,28-18+,29-23-,30-24-. The van der Waals surface area contributed by atoms with Crippen LogP contribution < -0.4 is 0 Å². The van der Waals surface area contributed by atoms with Crippen molar-refractivity contribution in [3.05, 3.63) is 69.9 Å². The molecule has 0 atom stereocenters. The quantitative estimate of drug-likeness (QED) is 0.186. The van der Waals surface area contributed by atoms with Gasteiger partial charge in [0.1, 0.15) is 0 Å². The van der Waals surface area contributed by atoms with E-state index >= 15 is 0 Å². The summed E-state index contributed by atoms with van der Waals surface area (Å²) in [5, 5.41) is 0. The normalized spacial score (nSPS) is 13.5. The Morgan fingerprint density at radius 3 is 0.833 bits per heavy atom. The summed E-state index contributed by atoms with van der Waals surface area (Å²) in [5.41, 5.74) is 8.97. The lowest BCUT2D eigenvalue weighted by Crippen LogP contribution is -1.82. The Kier molecular flexibility index (Phi) is 17.3. The average molecular weight is 411 g/mol. The van der Waals surface area contributed by atoms with Crippen LogP contribution in [0.2, 0.25) is 0 Å². The van der Waals surface area contributed by atoms with Gasteiger partial charge in [0, 0.05) is 0 Å². The van der Waals surface area contributed by atoms with Gasteiger partial charge >= 0.3 is 0 Å². The van der Waals surface area contributed by atoms with Crippen LogP contribution in [0.5, 0.6) is 0 Å². The minimum Gasteiger partial charge on any atom is -0.0856 e. The van der Waals surface area contributed by atoms with Gasteiger partial charge in [-0.1, -0.05) is 69.9 Å². The third-order valence-corrected chi connectivity index (χ3v) is 5.40. The second-order valence-corrected chi connectivity index (χ2v) is 9.50.